The summed E-state index contributed by atoms with van der Waals surface area (Å²) in [6.45, 7) is 4.41. The average Bonchev–Trinajstić information content (AvgIpc) is 3.05. The molecule has 0 N–H and O–H groups in total. The van der Waals surface area contributed by atoms with Gasteiger partial charge in [0.2, 0.25) is 0 Å². The van der Waals surface area contributed by atoms with Crippen molar-refractivity contribution in [2.45, 2.75) is 32.0 Å². The number of rotatable bonds is 6. The van der Waals surface area contributed by atoms with Gasteiger partial charge in [0.15, 0.2) is 5.13 Å². The van der Waals surface area contributed by atoms with Crippen molar-refractivity contribution in [2.24, 2.45) is 0 Å². The van der Waals surface area contributed by atoms with Crippen LogP contribution >= 0.6 is 11.3 Å². The zero-order valence-corrected chi connectivity index (χ0v) is 15.8. The Morgan fingerprint density at radius 3 is 2.71 bits per heavy atom. The molecular formula is C19H28N4S. The molecule has 1 atom stereocenters. The normalized spacial score (nSPS) is 18.9. The molecule has 0 aliphatic carbocycles. The first-order chi connectivity index (χ1) is 11.6. The summed E-state index contributed by atoms with van der Waals surface area (Å²) in [5, 5.41) is 1.10. The summed E-state index contributed by atoms with van der Waals surface area (Å²) < 4.78 is 0. The molecule has 0 spiro atoms. The molecule has 2 aromatic rings. The Morgan fingerprint density at radius 2 is 2.00 bits per heavy atom. The van der Waals surface area contributed by atoms with Crippen LogP contribution in [0.4, 0.5) is 5.13 Å². The van der Waals surface area contributed by atoms with Crippen molar-refractivity contribution in [2.75, 3.05) is 39.1 Å². The van der Waals surface area contributed by atoms with Crippen molar-refractivity contribution >= 4 is 16.5 Å². The van der Waals surface area contributed by atoms with Crippen LogP contribution in [0.15, 0.2) is 36.5 Å². The van der Waals surface area contributed by atoms with E-state index in [2.05, 4.69) is 71.2 Å². The second kappa shape index (κ2) is 8.10. The lowest BCUT2D eigenvalue weighted by Gasteiger charge is -2.37. The maximum absolute atomic E-state index is 4.50. The van der Waals surface area contributed by atoms with Gasteiger partial charge in [-0.2, -0.15) is 0 Å². The highest BCUT2D eigenvalue weighted by molar-refractivity contribution is 7.15. The van der Waals surface area contributed by atoms with Crippen LogP contribution in [-0.4, -0.2) is 55.1 Å². The molecular weight excluding hydrogens is 316 g/mol. The van der Waals surface area contributed by atoms with E-state index < -0.39 is 0 Å². The number of nitrogens with zero attached hydrogens (tertiary/aromatic N) is 4. The van der Waals surface area contributed by atoms with Gasteiger partial charge in [-0.15, -0.1) is 11.3 Å². The van der Waals surface area contributed by atoms with Gasteiger partial charge in [0.25, 0.3) is 0 Å². The van der Waals surface area contributed by atoms with Crippen molar-refractivity contribution in [1.82, 2.24) is 14.8 Å². The molecule has 0 amide bonds. The minimum absolute atomic E-state index is 0.639. The molecule has 0 saturated carbocycles. The molecule has 1 aliphatic heterocycles. The van der Waals surface area contributed by atoms with Gasteiger partial charge in [-0.3, -0.25) is 9.80 Å². The number of piperidine rings is 1. The van der Waals surface area contributed by atoms with E-state index in [1.54, 1.807) is 11.3 Å². The second-order valence-electron chi connectivity index (χ2n) is 6.94. The molecule has 1 saturated heterocycles. The first-order valence-electron chi connectivity index (χ1n) is 8.70. The number of aromatic nitrogens is 1. The topological polar surface area (TPSA) is 22.6 Å². The van der Waals surface area contributed by atoms with Crippen LogP contribution in [0, 0.1) is 0 Å². The summed E-state index contributed by atoms with van der Waals surface area (Å²) in [5.74, 6) is 0. The Hall–Kier alpha value is -1.43. The Labute approximate surface area is 149 Å². The lowest BCUT2D eigenvalue weighted by Crippen LogP contribution is -2.45. The van der Waals surface area contributed by atoms with Gasteiger partial charge < -0.3 is 4.90 Å². The molecule has 130 valence electrons. The van der Waals surface area contributed by atoms with Gasteiger partial charge in [-0.1, -0.05) is 30.3 Å². The van der Waals surface area contributed by atoms with Crippen LogP contribution in [-0.2, 0) is 13.1 Å². The van der Waals surface area contributed by atoms with Crippen LogP contribution in [0.5, 0.6) is 0 Å². The summed E-state index contributed by atoms with van der Waals surface area (Å²) in [6.07, 6.45) is 4.62. The Bertz CT molecular complexity index is 625. The standard InChI is InChI=1S/C19H28N4S/c1-21(2)19-20-12-18(24-19)15-23-11-7-10-17(14-23)22(3)13-16-8-5-4-6-9-16/h4-6,8-9,12,17H,7,10-11,13-15H2,1-3H3. The van der Waals surface area contributed by atoms with Crippen molar-refractivity contribution in [3.05, 3.63) is 47.0 Å². The summed E-state index contributed by atoms with van der Waals surface area (Å²) in [6, 6.07) is 11.4. The molecule has 24 heavy (non-hydrogen) atoms. The summed E-state index contributed by atoms with van der Waals surface area (Å²) in [5.41, 5.74) is 1.40. The number of thiazole rings is 1. The molecule has 0 radical (unpaired) electrons. The van der Waals surface area contributed by atoms with Crippen molar-refractivity contribution in [3.8, 4) is 0 Å². The molecule has 1 fully saturated rings. The van der Waals surface area contributed by atoms with Crippen molar-refractivity contribution in [3.63, 3.8) is 0 Å². The monoisotopic (exact) mass is 344 g/mol. The minimum atomic E-state index is 0.639. The number of hydrogen-bond donors (Lipinski definition) is 0. The first-order valence-corrected chi connectivity index (χ1v) is 9.52. The van der Waals surface area contributed by atoms with Gasteiger partial charge in [-0.25, -0.2) is 4.98 Å². The fourth-order valence-electron chi connectivity index (χ4n) is 3.33. The largest absolute Gasteiger partial charge is 0.354 e. The van der Waals surface area contributed by atoms with Gasteiger partial charge >= 0.3 is 0 Å². The third-order valence-corrected chi connectivity index (χ3v) is 5.83. The van der Waals surface area contributed by atoms with E-state index in [1.165, 1.54) is 29.8 Å². The number of hydrogen-bond acceptors (Lipinski definition) is 5. The van der Waals surface area contributed by atoms with Crippen LogP contribution in [0.25, 0.3) is 0 Å². The first kappa shape index (κ1) is 17.4. The third kappa shape index (κ3) is 4.56. The summed E-state index contributed by atoms with van der Waals surface area (Å²) >= 11 is 1.81. The van der Waals surface area contributed by atoms with E-state index in [0.717, 1.165) is 24.8 Å². The highest BCUT2D eigenvalue weighted by atomic mass is 32.1. The van der Waals surface area contributed by atoms with E-state index in [1.807, 2.05) is 6.20 Å². The Balaban J connectivity index is 1.55. The van der Waals surface area contributed by atoms with E-state index in [-0.39, 0.29) is 0 Å². The number of likely N-dealkylation sites (N-methyl/N-ethyl adjacent to an activating group) is 1. The quantitative estimate of drug-likeness (QED) is 0.802. The highest BCUT2D eigenvalue weighted by Crippen LogP contribution is 2.24. The van der Waals surface area contributed by atoms with E-state index in [9.17, 15) is 0 Å². The number of likely N-dealkylation sites (tertiary alicyclic amines) is 1. The highest BCUT2D eigenvalue weighted by Gasteiger charge is 2.23. The maximum Gasteiger partial charge on any atom is 0.185 e. The zero-order chi connectivity index (χ0) is 16.9. The average molecular weight is 345 g/mol. The van der Waals surface area contributed by atoms with Gasteiger partial charge in [0, 0.05) is 50.8 Å². The van der Waals surface area contributed by atoms with E-state index in [0.29, 0.717) is 6.04 Å². The predicted octanol–water partition coefficient (Wildman–Crippen LogP) is 3.31. The third-order valence-electron chi connectivity index (χ3n) is 4.68. The lowest BCUT2D eigenvalue weighted by molar-refractivity contribution is 0.108. The molecule has 0 bridgehead atoms. The second-order valence-corrected chi connectivity index (χ2v) is 8.03. The van der Waals surface area contributed by atoms with E-state index in [4.69, 9.17) is 0 Å². The zero-order valence-electron chi connectivity index (χ0n) is 15.0. The Morgan fingerprint density at radius 1 is 1.21 bits per heavy atom. The van der Waals surface area contributed by atoms with Gasteiger partial charge in [0.05, 0.1) is 0 Å². The van der Waals surface area contributed by atoms with Crippen LogP contribution < -0.4 is 4.90 Å². The van der Waals surface area contributed by atoms with Gasteiger partial charge in [0.1, 0.15) is 0 Å². The Kier molecular flexibility index (Phi) is 5.87. The van der Waals surface area contributed by atoms with Crippen LogP contribution in [0.3, 0.4) is 0 Å². The summed E-state index contributed by atoms with van der Waals surface area (Å²) in [7, 11) is 6.37. The van der Waals surface area contributed by atoms with Crippen LogP contribution in [0.1, 0.15) is 23.3 Å². The molecule has 1 aliphatic rings. The number of benzene rings is 1. The van der Waals surface area contributed by atoms with Gasteiger partial charge in [-0.05, 0) is 32.0 Å². The fourth-order valence-corrected chi connectivity index (χ4v) is 4.21. The summed E-state index contributed by atoms with van der Waals surface area (Å²) in [4.78, 5) is 13.0. The SMILES string of the molecule is CN(C)c1ncc(CN2CCCC(N(C)Cc3ccccc3)C2)s1. The van der Waals surface area contributed by atoms with Crippen LogP contribution in [0.2, 0.25) is 0 Å². The van der Waals surface area contributed by atoms with E-state index >= 15 is 0 Å². The smallest absolute Gasteiger partial charge is 0.185 e. The number of anilines is 1. The van der Waals surface area contributed by atoms with Crippen molar-refractivity contribution in [1.29, 1.82) is 0 Å². The molecule has 1 aromatic heterocycles. The molecule has 1 aromatic carbocycles. The molecule has 3 rings (SSSR count). The molecule has 4 nitrogen and oxygen atoms in total. The molecule has 2 heterocycles. The predicted molar refractivity (Wildman–Crippen MR) is 103 cm³/mol. The fraction of sp³-hybridized carbons (Fsp3) is 0.526. The molecule has 1 unspecified atom stereocenters. The molecule has 5 heteroatoms. The minimum Gasteiger partial charge on any atom is -0.354 e. The lowest BCUT2D eigenvalue weighted by atomic mass is 10.0. The van der Waals surface area contributed by atoms with Crippen molar-refractivity contribution < 1.29 is 0 Å². The maximum atomic E-state index is 4.50.